The Hall–Kier alpha value is -3.28. The van der Waals surface area contributed by atoms with Gasteiger partial charge in [0.15, 0.2) is 17.1 Å². The number of fused-ring (bicyclic) bond motifs is 1. The molecule has 1 N–H and O–H groups in total. The quantitative estimate of drug-likeness (QED) is 0.205. The van der Waals surface area contributed by atoms with Gasteiger partial charge >= 0.3 is 11.6 Å². The van der Waals surface area contributed by atoms with Crippen LogP contribution in [0.25, 0.3) is 11.0 Å². The third-order valence-corrected chi connectivity index (χ3v) is 5.27. The summed E-state index contributed by atoms with van der Waals surface area (Å²) in [7, 11) is 0. The molecule has 1 aromatic heterocycles. The van der Waals surface area contributed by atoms with Crippen molar-refractivity contribution in [2.45, 2.75) is 58.3 Å². The average molecular weight is 439 g/mol. The van der Waals surface area contributed by atoms with Crippen LogP contribution in [-0.4, -0.2) is 17.7 Å². The molecule has 3 rings (SSSR count). The van der Waals surface area contributed by atoms with Gasteiger partial charge in [0.05, 0.1) is 17.6 Å². The molecule has 0 radical (unpaired) electrons. The number of benzene rings is 2. The number of esters is 1. The molecule has 0 aliphatic heterocycles. The zero-order chi connectivity index (χ0) is 22.8. The first kappa shape index (κ1) is 23.4. The highest BCUT2D eigenvalue weighted by Gasteiger charge is 2.22. The molecule has 0 amide bonds. The van der Waals surface area contributed by atoms with Crippen LogP contribution in [0.2, 0.25) is 0 Å². The predicted molar refractivity (Wildman–Crippen MR) is 124 cm³/mol. The number of carbonyl (C=O) groups excluding carboxylic acids is 1. The third-order valence-electron chi connectivity index (χ3n) is 5.27. The molecule has 170 valence electrons. The van der Waals surface area contributed by atoms with Gasteiger partial charge in [-0.05, 0) is 30.7 Å². The van der Waals surface area contributed by atoms with Gasteiger partial charge in [-0.15, -0.1) is 0 Å². The van der Waals surface area contributed by atoms with Crippen molar-refractivity contribution in [1.29, 1.82) is 0 Å². The molecule has 0 unspecified atom stereocenters. The summed E-state index contributed by atoms with van der Waals surface area (Å²) < 4.78 is 16.5. The van der Waals surface area contributed by atoms with E-state index in [0.717, 1.165) is 19.3 Å². The smallest absolute Gasteiger partial charge is 0.383 e. The van der Waals surface area contributed by atoms with Gasteiger partial charge in [0, 0.05) is 0 Å². The van der Waals surface area contributed by atoms with E-state index in [1.165, 1.54) is 38.2 Å². The Morgan fingerprint density at radius 1 is 0.875 bits per heavy atom. The van der Waals surface area contributed by atoms with Crippen LogP contribution in [0.1, 0.15) is 68.6 Å². The summed E-state index contributed by atoms with van der Waals surface area (Å²) in [5, 5.41) is 10.5. The number of para-hydroxylation sites is 1. The second-order valence-corrected chi connectivity index (χ2v) is 7.78. The summed E-state index contributed by atoms with van der Waals surface area (Å²) in [6.07, 6.45) is 9.18. The molecular formula is C26H30O6. The van der Waals surface area contributed by atoms with Crippen molar-refractivity contribution in [3.63, 3.8) is 0 Å². The Morgan fingerprint density at radius 3 is 2.28 bits per heavy atom. The first-order valence-corrected chi connectivity index (χ1v) is 11.3. The van der Waals surface area contributed by atoms with E-state index in [9.17, 15) is 14.7 Å². The number of unbranched alkanes of at least 4 members (excludes halogenated alkanes) is 7. The number of ether oxygens (including phenoxy) is 2. The maximum atomic E-state index is 12.6. The number of rotatable bonds is 12. The molecule has 0 atom stereocenters. The number of hydrogen-bond donors (Lipinski definition) is 1. The van der Waals surface area contributed by atoms with Gasteiger partial charge in [-0.25, -0.2) is 9.59 Å². The van der Waals surface area contributed by atoms with Crippen molar-refractivity contribution in [2.75, 3.05) is 6.61 Å². The van der Waals surface area contributed by atoms with Gasteiger partial charge < -0.3 is 19.0 Å². The van der Waals surface area contributed by atoms with E-state index >= 15 is 0 Å². The molecule has 3 aromatic rings. The third kappa shape index (κ3) is 6.13. The van der Waals surface area contributed by atoms with E-state index in [1.54, 1.807) is 42.5 Å². The summed E-state index contributed by atoms with van der Waals surface area (Å²) in [6, 6.07) is 13.1. The SMILES string of the molecule is CCCCCCCCCCOc1c(OC(=O)c2ccccc2)c(=O)oc2c(O)cccc12. The molecule has 0 bridgehead atoms. The number of hydrogen-bond acceptors (Lipinski definition) is 6. The second kappa shape index (κ2) is 11.9. The van der Waals surface area contributed by atoms with Crippen LogP contribution in [-0.2, 0) is 0 Å². The fourth-order valence-electron chi connectivity index (χ4n) is 3.53. The van der Waals surface area contributed by atoms with Crippen molar-refractivity contribution in [3.8, 4) is 17.2 Å². The fraction of sp³-hybridized carbons (Fsp3) is 0.385. The lowest BCUT2D eigenvalue weighted by molar-refractivity contribution is 0.0721. The molecule has 0 aliphatic carbocycles. The molecule has 6 heteroatoms. The van der Waals surface area contributed by atoms with Crippen LogP contribution >= 0.6 is 0 Å². The van der Waals surface area contributed by atoms with Crippen LogP contribution in [0, 0.1) is 0 Å². The van der Waals surface area contributed by atoms with Crippen molar-refractivity contribution >= 4 is 16.9 Å². The molecule has 2 aromatic carbocycles. The van der Waals surface area contributed by atoms with Gasteiger partial charge in [0.1, 0.15) is 0 Å². The summed E-state index contributed by atoms with van der Waals surface area (Å²) >= 11 is 0. The Bertz CT molecular complexity index is 1070. The molecule has 1 heterocycles. The molecule has 32 heavy (non-hydrogen) atoms. The summed E-state index contributed by atoms with van der Waals surface area (Å²) in [6.45, 7) is 2.56. The number of phenols is 1. The highest BCUT2D eigenvalue weighted by atomic mass is 16.6. The number of carbonyl (C=O) groups is 1. The van der Waals surface area contributed by atoms with Crippen LogP contribution in [0.4, 0.5) is 0 Å². The standard InChI is InChI=1S/C26H30O6/c1-2-3-4-5-6-7-8-12-18-30-23-20-16-13-17-21(27)22(20)31-26(29)24(23)32-25(28)19-14-10-9-11-15-19/h9-11,13-17,27H,2-8,12,18H2,1H3. The normalized spacial score (nSPS) is 10.9. The largest absolute Gasteiger partial charge is 0.504 e. The molecule has 6 nitrogen and oxygen atoms in total. The molecule has 0 spiro atoms. The van der Waals surface area contributed by atoms with Crippen LogP contribution in [0.3, 0.4) is 0 Å². The van der Waals surface area contributed by atoms with Crippen LogP contribution < -0.4 is 15.1 Å². The van der Waals surface area contributed by atoms with E-state index in [-0.39, 0.29) is 22.8 Å². The Labute approximate surface area is 187 Å². The Kier molecular flexibility index (Phi) is 8.72. The Balaban J connectivity index is 1.74. The van der Waals surface area contributed by atoms with Crippen molar-refractivity contribution in [3.05, 3.63) is 64.5 Å². The lowest BCUT2D eigenvalue weighted by atomic mass is 10.1. The predicted octanol–water partition coefficient (Wildman–Crippen LogP) is 6.24. The second-order valence-electron chi connectivity index (χ2n) is 7.78. The van der Waals surface area contributed by atoms with E-state index in [4.69, 9.17) is 13.9 Å². The molecule has 0 aliphatic rings. The molecule has 0 saturated carbocycles. The molecule has 0 saturated heterocycles. The minimum Gasteiger partial charge on any atom is -0.504 e. The molecular weight excluding hydrogens is 408 g/mol. The van der Waals surface area contributed by atoms with Crippen LogP contribution in [0.5, 0.6) is 17.2 Å². The topological polar surface area (TPSA) is 86.0 Å². The lowest BCUT2D eigenvalue weighted by Gasteiger charge is -2.13. The van der Waals surface area contributed by atoms with Gasteiger partial charge in [-0.2, -0.15) is 0 Å². The van der Waals surface area contributed by atoms with Gasteiger partial charge in [-0.1, -0.05) is 76.1 Å². The van der Waals surface area contributed by atoms with Gasteiger partial charge in [-0.3, -0.25) is 0 Å². The highest BCUT2D eigenvalue weighted by Crippen LogP contribution is 2.36. The Morgan fingerprint density at radius 2 is 1.56 bits per heavy atom. The first-order valence-electron chi connectivity index (χ1n) is 11.3. The first-order chi connectivity index (χ1) is 15.6. The highest BCUT2D eigenvalue weighted by molar-refractivity contribution is 5.94. The minimum atomic E-state index is -0.880. The maximum absolute atomic E-state index is 12.6. The van der Waals surface area contributed by atoms with Crippen molar-refractivity contribution < 1.29 is 23.8 Å². The van der Waals surface area contributed by atoms with E-state index in [1.807, 2.05) is 0 Å². The van der Waals surface area contributed by atoms with Crippen LogP contribution in [0.15, 0.2) is 57.7 Å². The monoisotopic (exact) mass is 438 g/mol. The fourth-order valence-corrected chi connectivity index (χ4v) is 3.53. The average Bonchev–Trinajstić information content (AvgIpc) is 2.81. The number of aromatic hydroxyl groups is 1. The maximum Gasteiger partial charge on any atom is 0.383 e. The summed E-state index contributed by atoms with van der Waals surface area (Å²) in [5.74, 6) is -1.07. The van der Waals surface area contributed by atoms with Gasteiger partial charge in [0.25, 0.3) is 5.75 Å². The zero-order valence-electron chi connectivity index (χ0n) is 18.5. The van der Waals surface area contributed by atoms with E-state index in [0.29, 0.717) is 17.6 Å². The van der Waals surface area contributed by atoms with Gasteiger partial charge in [0.2, 0.25) is 0 Å². The summed E-state index contributed by atoms with van der Waals surface area (Å²) in [4.78, 5) is 25.1. The zero-order valence-corrected chi connectivity index (χ0v) is 18.5. The van der Waals surface area contributed by atoms with Crippen molar-refractivity contribution in [2.24, 2.45) is 0 Å². The van der Waals surface area contributed by atoms with E-state index < -0.39 is 11.6 Å². The minimum absolute atomic E-state index is 0.00272. The summed E-state index contributed by atoms with van der Waals surface area (Å²) in [5.41, 5.74) is -0.575. The lowest BCUT2D eigenvalue weighted by Crippen LogP contribution is -2.16. The van der Waals surface area contributed by atoms with E-state index in [2.05, 4.69) is 6.92 Å². The number of phenolic OH excluding ortho intramolecular Hbond substituents is 1. The molecule has 0 fully saturated rings. The van der Waals surface area contributed by atoms with Crippen molar-refractivity contribution in [1.82, 2.24) is 0 Å².